The highest BCUT2D eigenvalue weighted by molar-refractivity contribution is 7.09. The van der Waals surface area contributed by atoms with Crippen molar-refractivity contribution in [3.05, 3.63) is 52.5 Å². The second-order valence-corrected chi connectivity index (χ2v) is 4.96. The second-order valence-electron chi connectivity index (χ2n) is 3.93. The van der Waals surface area contributed by atoms with Crippen molar-refractivity contribution in [2.45, 2.75) is 6.54 Å². The lowest BCUT2D eigenvalue weighted by molar-refractivity contribution is 0.0698. The molecule has 0 spiro atoms. The average Bonchev–Trinajstić information content (AvgIpc) is 2.99. The van der Waals surface area contributed by atoms with Crippen LogP contribution in [-0.4, -0.2) is 20.6 Å². The molecular formula is C13H10N2O2S. The van der Waals surface area contributed by atoms with Gasteiger partial charge in [-0.15, -0.1) is 11.3 Å². The van der Waals surface area contributed by atoms with Crippen molar-refractivity contribution in [2.75, 3.05) is 0 Å². The zero-order valence-corrected chi connectivity index (χ0v) is 10.2. The predicted octanol–water partition coefficient (Wildman–Crippen LogP) is 2.84. The third-order valence-electron chi connectivity index (χ3n) is 2.77. The first-order chi connectivity index (χ1) is 8.75. The Morgan fingerprint density at radius 3 is 2.94 bits per heavy atom. The number of para-hydroxylation sites is 1. The van der Waals surface area contributed by atoms with Crippen LogP contribution in [0.1, 0.15) is 15.2 Å². The van der Waals surface area contributed by atoms with E-state index in [1.165, 1.54) is 4.88 Å². The topological polar surface area (TPSA) is 55.1 Å². The third kappa shape index (κ3) is 1.78. The lowest BCUT2D eigenvalue weighted by atomic mass is 10.2. The molecule has 2 aromatic heterocycles. The van der Waals surface area contributed by atoms with E-state index < -0.39 is 5.97 Å². The summed E-state index contributed by atoms with van der Waals surface area (Å²) in [4.78, 5) is 16.7. The fourth-order valence-electron chi connectivity index (χ4n) is 1.99. The van der Waals surface area contributed by atoms with Crippen molar-refractivity contribution in [1.29, 1.82) is 0 Å². The van der Waals surface area contributed by atoms with Gasteiger partial charge in [-0.3, -0.25) is 0 Å². The minimum atomic E-state index is -0.923. The van der Waals surface area contributed by atoms with Crippen molar-refractivity contribution in [1.82, 2.24) is 9.55 Å². The van der Waals surface area contributed by atoms with Gasteiger partial charge in [-0.2, -0.15) is 0 Å². The van der Waals surface area contributed by atoms with E-state index >= 15 is 0 Å². The third-order valence-corrected chi connectivity index (χ3v) is 3.64. The van der Waals surface area contributed by atoms with Gasteiger partial charge in [0.1, 0.15) is 0 Å². The maximum absolute atomic E-state index is 11.2. The Labute approximate surface area is 107 Å². The van der Waals surface area contributed by atoms with Crippen LogP contribution in [-0.2, 0) is 6.54 Å². The summed E-state index contributed by atoms with van der Waals surface area (Å²) in [5.41, 5.74) is 1.69. The number of carboxylic acids is 1. The molecule has 18 heavy (non-hydrogen) atoms. The molecule has 0 amide bonds. The van der Waals surface area contributed by atoms with Gasteiger partial charge in [0, 0.05) is 4.88 Å². The largest absolute Gasteiger partial charge is 0.478 e. The number of hydrogen-bond acceptors (Lipinski definition) is 3. The maximum Gasteiger partial charge on any atom is 0.337 e. The molecule has 5 heteroatoms. The SMILES string of the molecule is O=C(O)c1cccc2ncn(Cc3cccs3)c12. The van der Waals surface area contributed by atoms with Gasteiger partial charge in [0.05, 0.1) is 29.5 Å². The molecule has 3 rings (SSSR count). The van der Waals surface area contributed by atoms with E-state index in [4.69, 9.17) is 0 Å². The summed E-state index contributed by atoms with van der Waals surface area (Å²) in [6, 6.07) is 9.16. The molecule has 0 unspecified atom stereocenters. The van der Waals surface area contributed by atoms with Gasteiger partial charge in [-0.05, 0) is 23.6 Å². The van der Waals surface area contributed by atoms with Crippen molar-refractivity contribution in [3.8, 4) is 0 Å². The number of aromatic carboxylic acids is 1. The fourth-order valence-corrected chi connectivity index (χ4v) is 2.69. The van der Waals surface area contributed by atoms with Crippen LogP contribution in [0.2, 0.25) is 0 Å². The number of carboxylic acid groups (broad SMARTS) is 1. The van der Waals surface area contributed by atoms with E-state index in [1.54, 1.807) is 29.8 Å². The highest BCUT2D eigenvalue weighted by Crippen LogP contribution is 2.20. The van der Waals surface area contributed by atoms with Gasteiger partial charge in [0.15, 0.2) is 0 Å². The smallest absolute Gasteiger partial charge is 0.337 e. The van der Waals surface area contributed by atoms with E-state index in [-0.39, 0.29) is 0 Å². The Hall–Kier alpha value is -2.14. The van der Waals surface area contributed by atoms with Gasteiger partial charge in [0.25, 0.3) is 0 Å². The predicted molar refractivity (Wildman–Crippen MR) is 70.1 cm³/mol. The van der Waals surface area contributed by atoms with Crippen molar-refractivity contribution in [3.63, 3.8) is 0 Å². The van der Waals surface area contributed by atoms with Crippen LogP contribution >= 0.6 is 11.3 Å². The summed E-state index contributed by atoms with van der Waals surface area (Å²) >= 11 is 1.65. The molecule has 4 nitrogen and oxygen atoms in total. The van der Waals surface area contributed by atoms with Crippen LogP contribution < -0.4 is 0 Å². The molecule has 0 aliphatic carbocycles. The first-order valence-corrected chi connectivity index (χ1v) is 6.33. The lowest BCUT2D eigenvalue weighted by Crippen LogP contribution is -2.03. The van der Waals surface area contributed by atoms with Crippen LogP contribution in [0, 0.1) is 0 Å². The van der Waals surface area contributed by atoms with Crippen LogP contribution in [0.4, 0.5) is 0 Å². The first kappa shape index (κ1) is 11.0. The Morgan fingerprint density at radius 1 is 1.33 bits per heavy atom. The van der Waals surface area contributed by atoms with Crippen LogP contribution in [0.5, 0.6) is 0 Å². The second kappa shape index (κ2) is 4.27. The van der Waals surface area contributed by atoms with E-state index in [9.17, 15) is 9.90 Å². The van der Waals surface area contributed by atoms with Crippen LogP contribution in [0.3, 0.4) is 0 Å². The number of benzene rings is 1. The number of nitrogens with zero attached hydrogens (tertiary/aromatic N) is 2. The van der Waals surface area contributed by atoms with Gasteiger partial charge < -0.3 is 9.67 Å². The molecule has 1 aromatic carbocycles. The van der Waals surface area contributed by atoms with Crippen molar-refractivity contribution < 1.29 is 9.90 Å². The normalized spacial score (nSPS) is 10.9. The van der Waals surface area contributed by atoms with Crippen LogP contribution in [0.15, 0.2) is 42.0 Å². The number of hydrogen-bond donors (Lipinski definition) is 1. The zero-order valence-electron chi connectivity index (χ0n) is 9.41. The maximum atomic E-state index is 11.2. The standard InChI is InChI=1S/C13H10N2O2S/c16-13(17)10-4-1-5-11-12(10)15(8-14-11)7-9-3-2-6-18-9/h1-6,8H,7H2,(H,16,17). The Morgan fingerprint density at radius 2 is 2.22 bits per heavy atom. The average molecular weight is 258 g/mol. The van der Waals surface area contributed by atoms with Crippen LogP contribution in [0.25, 0.3) is 11.0 Å². The van der Waals surface area contributed by atoms with E-state index in [1.807, 2.05) is 28.1 Å². The zero-order chi connectivity index (χ0) is 12.5. The van der Waals surface area contributed by atoms with E-state index in [0.717, 1.165) is 0 Å². The number of imidazole rings is 1. The molecule has 3 aromatic rings. The lowest BCUT2D eigenvalue weighted by Gasteiger charge is -2.04. The molecule has 2 heterocycles. The quantitative estimate of drug-likeness (QED) is 0.786. The molecule has 1 N–H and O–H groups in total. The molecule has 0 saturated heterocycles. The summed E-state index contributed by atoms with van der Waals surface area (Å²) in [6.07, 6.45) is 1.69. The fraction of sp³-hybridized carbons (Fsp3) is 0.0769. The summed E-state index contributed by atoms with van der Waals surface area (Å²) in [6.45, 7) is 0.651. The summed E-state index contributed by atoms with van der Waals surface area (Å²) < 4.78 is 1.88. The highest BCUT2D eigenvalue weighted by atomic mass is 32.1. The first-order valence-electron chi connectivity index (χ1n) is 5.45. The van der Waals surface area contributed by atoms with E-state index in [2.05, 4.69) is 4.98 Å². The van der Waals surface area contributed by atoms with Crippen molar-refractivity contribution >= 4 is 28.3 Å². The monoisotopic (exact) mass is 258 g/mol. The molecule has 0 bridgehead atoms. The summed E-state index contributed by atoms with van der Waals surface area (Å²) in [5.74, 6) is -0.923. The highest BCUT2D eigenvalue weighted by Gasteiger charge is 2.13. The Balaban J connectivity index is 2.15. The molecule has 90 valence electrons. The number of carbonyl (C=O) groups is 1. The molecule has 0 saturated carbocycles. The molecule has 0 atom stereocenters. The van der Waals surface area contributed by atoms with Gasteiger partial charge in [-0.1, -0.05) is 12.1 Å². The Bertz CT molecular complexity index is 701. The summed E-state index contributed by atoms with van der Waals surface area (Å²) in [5, 5.41) is 11.2. The number of rotatable bonds is 3. The molecule has 0 fully saturated rings. The molecular weight excluding hydrogens is 248 g/mol. The molecule has 0 aliphatic rings. The number of fused-ring (bicyclic) bond motifs is 1. The van der Waals surface area contributed by atoms with Gasteiger partial charge >= 0.3 is 5.97 Å². The molecule has 0 aliphatic heterocycles. The number of thiophene rings is 1. The Kier molecular flexibility index (Phi) is 2.60. The van der Waals surface area contributed by atoms with E-state index in [0.29, 0.717) is 23.1 Å². The summed E-state index contributed by atoms with van der Waals surface area (Å²) in [7, 11) is 0. The molecule has 0 radical (unpaired) electrons. The van der Waals surface area contributed by atoms with Gasteiger partial charge in [-0.25, -0.2) is 9.78 Å². The number of aromatic nitrogens is 2. The van der Waals surface area contributed by atoms with Gasteiger partial charge in [0.2, 0.25) is 0 Å². The van der Waals surface area contributed by atoms with Crippen molar-refractivity contribution in [2.24, 2.45) is 0 Å². The minimum Gasteiger partial charge on any atom is -0.478 e. The minimum absolute atomic E-state index is 0.293.